The average molecular weight is 374 g/mol. The van der Waals surface area contributed by atoms with E-state index in [1.807, 2.05) is 0 Å². The van der Waals surface area contributed by atoms with Gasteiger partial charge < -0.3 is 13.7 Å². The lowest BCUT2D eigenvalue weighted by Crippen LogP contribution is -2.28. The van der Waals surface area contributed by atoms with Crippen molar-refractivity contribution in [2.24, 2.45) is 0 Å². The second kappa shape index (κ2) is 6.14. The molecule has 0 aromatic heterocycles. The van der Waals surface area contributed by atoms with Gasteiger partial charge in [0, 0.05) is 5.56 Å². The molecular formula is C16H13F3O5S. The summed E-state index contributed by atoms with van der Waals surface area (Å²) in [5, 5.41) is 0. The molecule has 0 spiro atoms. The summed E-state index contributed by atoms with van der Waals surface area (Å²) in [7, 11) is -5.73. The van der Waals surface area contributed by atoms with E-state index < -0.39 is 15.6 Å². The van der Waals surface area contributed by atoms with E-state index >= 15 is 0 Å². The summed E-state index contributed by atoms with van der Waals surface area (Å²) in [4.78, 5) is 0. The second-order valence-corrected chi connectivity index (χ2v) is 6.81. The van der Waals surface area contributed by atoms with E-state index in [9.17, 15) is 21.6 Å². The minimum Gasteiger partial charge on any atom is -0.486 e. The Hall–Kier alpha value is -2.42. The zero-order valence-corrected chi connectivity index (χ0v) is 13.8. The van der Waals surface area contributed by atoms with Gasteiger partial charge in [0.1, 0.15) is 19.0 Å². The molecule has 0 fully saturated rings. The largest absolute Gasteiger partial charge is 0.534 e. The third-order valence-corrected chi connectivity index (χ3v) is 4.59. The van der Waals surface area contributed by atoms with Crippen molar-refractivity contribution in [1.29, 1.82) is 0 Å². The van der Waals surface area contributed by atoms with Gasteiger partial charge in [-0.05, 0) is 36.2 Å². The molecule has 3 rings (SSSR count). The van der Waals surface area contributed by atoms with Crippen LogP contribution in [0.5, 0.6) is 17.2 Å². The van der Waals surface area contributed by atoms with Crippen LogP contribution in [0.25, 0.3) is 11.1 Å². The molecule has 2 aromatic carbocycles. The van der Waals surface area contributed by atoms with Crippen LogP contribution in [0.4, 0.5) is 13.2 Å². The predicted octanol–water partition coefficient (Wildman–Crippen LogP) is 3.66. The highest BCUT2D eigenvalue weighted by atomic mass is 32.2. The van der Waals surface area contributed by atoms with E-state index in [1.165, 1.54) is 19.1 Å². The highest BCUT2D eigenvalue weighted by Gasteiger charge is 2.48. The van der Waals surface area contributed by atoms with Crippen molar-refractivity contribution in [2.75, 3.05) is 13.2 Å². The number of benzene rings is 2. The maximum atomic E-state index is 12.5. The molecule has 0 atom stereocenters. The summed E-state index contributed by atoms with van der Waals surface area (Å²) < 4.78 is 75.2. The van der Waals surface area contributed by atoms with Crippen molar-refractivity contribution in [2.45, 2.75) is 12.4 Å². The Kier molecular flexibility index (Phi) is 4.28. The van der Waals surface area contributed by atoms with E-state index in [-0.39, 0.29) is 11.3 Å². The molecule has 0 N–H and O–H groups in total. The summed E-state index contributed by atoms with van der Waals surface area (Å²) in [6.07, 6.45) is 0. The zero-order chi connectivity index (χ0) is 18.2. The molecule has 0 amide bonds. The van der Waals surface area contributed by atoms with Crippen LogP contribution < -0.4 is 13.7 Å². The van der Waals surface area contributed by atoms with Crippen LogP contribution >= 0.6 is 0 Å². The van der Waals surface area contributed by atoms with E-state index in [1.54, 1.807) is 24.3 Å². The quantitative estimate of drug-likeness (QED) is 0.606. The van der Waals surface area contributed by atoms with Crippen molar-refractivity contribution in [3.63, 3.8) is 0 Å². The van der Waals surface area contributed by atoms with Gasteiger partial charge >= 0.3 is 15.6 Å². The molecule has 0 saturated carbocycles. The maximum absolute atomic E-state index is 12.5. The number of ether oxygens (including phenoxy) is 2. The minimum absolute atomic E-state index is 0.256. The summed E-state index contributed by atoms with van der Waals surface area (Å²) in [6.45, 7) is 2.31. The van der Waals surface area contributed by atoms with Crippen LogP contribution in [0.2, 0.25) is 0 Å². The van der Waals surface area contributed by atoms with Gasteiger partial charge in [0.2, 0.25) is 0 Å². The highest BCUT2D eigenvalue weighted by molar-refractivity contribution is 7.88. The van der Waals surface area contributed by atoms with Crippen molar-refractivity contribution in [3.8, 4) is 28.4 Å². The third kappa shape index (κ3) is 3.37. The summed E-state index contributed by atoms with van der Waals surface area (Å²) in [5.74, 6) is 0.696. The number of halogens is 3. The van der Waals surface area contributed by atoms with Gasteiger partial charge in [0.05, 0.1) is 0 Å². The zero-order valence-electron chi connectivity index (χ0n) is 13.0. The Bertz CT molecular complexity index is 906. The molecule has 9 heteroatoms. The van der Waals surface area contributed by atoms with Gasteiger partial charge in [-0.1, -0.05) is 18.2 Å². The Labute approximate surface area is 142 Å². The van der Waals surface area contributed by atoms with Gasteiger partial charge in [-0.3, -0.25) is 0 Å². The number of fused-ring (bicyclic) bond motifs is 1. The number of rotatable bonds is 3. The first kappa shape index (κ1) is 17.4. The molecule has 0 saturated heterocycles. The molecule has 5 nitrogen and oxygen atoms in total. The lowest BCUT2D eigenvalue weighted by atomic mass is 9.99. The highest BCUT2D eigenvalue weighted by Crippen LogP contribution is 2.38. The molecule has 1 heterocycles. The van der Waals surface area contributed by atoms with Gasteiger partial charge in [-0.25, -0.2) is 0 Å². The Morgan fingerprint density at radius 3 is 2.40 bits per heavy atom. The van der Waals surface area contributed by atoms with Gasteiger partial charge in [-0.15, -0.1) is 0 Å². The topological polar surface area (TPSA) is 61.8 Å². The molecule has 0 radical (unpaired) electrons. The molecule has 134 valence electrons. The van der Waals surface area contributed by atoms with E-state index in [2.05, 4.69) is 4.18 Å². The molecular weight excluding hydrogens is 361 g/mol. The first-order chi connectivity index (χ1) is 11.7. The Balaban J connectivity index is 2.00. The number of alkyl halides is 3. The Morgan fingerprint density at radius 1 is 1.04 bits per heavy atom. The predicted molar refractivity (Wildman–Crippen MR) is 83.2 cm³/mol. The van der Waals surface area contributed by atoms with Crippen molar-refractivity contribution in [1.82, 2.24) is 0 Å². The van der Waals surface area contributed by atoms with Crippen LogP contribution in [0.1, 0.15) is 5.56 Å². The van der Waals surface area contributed by atoms with Gasteiger partial charge in [0.25, 0.3) is 0 Å². The van der Waals surface area contributed by atoms with E-state index in [0.29, 0.717) is 35.8 Å². The SMILES string of the molecule is Cc1c(OS(=O)(=O)C(F)(F)F)cccc1-c1ccc2c(c1)OCCO2. The second-order valence-electron chi connectivity index (χ2n) is 5.27. The van der Waals surface area contributed by atoms with Crippen LogP contribution in [-0.4, -0.2) is 27.1 Å². The van der Waals surface area contributed by atoms with Crippen molar-refractivity contribution in [3.05, 3.63) is 42.0 Å². The summed E-state index contributed by atoms with van der Waals surface area (Å²) in [5.41, 5.74) is -4.08. The Morgan fingerprint density at radius 2 is 1.72 bits per heavy atom. The van der Waals surface area contributed by atoms with Crippen LogP contribution in [0.15, 0.2) is 36.4 Å². The molecule has 1 aliphatic rings. The van der Waals surface area contributed by atoms with Gasteiger partial charge in [0.15, 0.2) is 11.5 Å². The standard InChI is InChI=1S/C16H13F3O5S/c1-10-12(11-5-6-14-15(9-11)23-8-7-22-14)3-2-4-13(10)24-25(20,21)16(17,18)19/h2-6,9H,7-8H2,1H3. The van der Waals surface area contributed by atoms with Crippen molar-refractivity contribution < 1.29 is 35.2 Å². The first-order valence-corrected chi connectivity index (χ1v) is 8.60. The minimum atomic E-state index is -5.73. The molecule has 2 aromatic rings. The summed E-state index contributed by atoms with van der Waals surface area (Å²) in [6, 6.07) is 9.30. The maximum Gasteiger partial charge on any atom is 0.534 e. The number of hydrogen-bond donors (Lipinski definition) is 0. The number of hydrogen-bond acceptors (Lipinski definition) is 5. The molecule has 0 bridgehead atoms. The van der Waals surface area contributed by atoms with Crippen LogP contribution in [0.3, 0.4) is 0 Å². The van der Waals surface area contributed by atoms with Crippen LogP contribution in [0, 0.1) is 6.92 Å². The fourth-order valence-corrected chi connectivity index (χ4v) is 2.91. The van der Waals surface area contributed by atoms with E-state index in [0.717, 1.165) is 0 Å². The fraction of sp³-hybridized carbons (Fsp3) is 0.250. The van der Waals surface area contributed by atoms with Crippen molar-refractivity contribution >= 4 is 10.1 Å². The van der Waals surface area contributed by atoms with Crippen LogP contribution in [-0.2, 0) is 10.1 Å². The summed E-state index contributed by atoms with van der Waals surface area (Å²) >= 11 is 0. The fourth-order valence-electron chi connectivity index (χ4n) is 2.39. The molecule has 0 unspecified atom stereocenters. The smallest absolute Gasteiger partial charge is 0.486 e. The van der Waals surface area contributed by atoms with Gasteiger partial charge in [-0.2, -0.15) is 21.6 Å². The lowest BCUT2D eigenvalue weighted by Gasteiger charge is -2.19. The first-order valence-electron chi connectivity index (χ1n) is 7.19. The average Bonchev–Trinajstić information content (AvgIpc) is 2.55. The normalized spacial score (nSPS) is 14.2. The third-order valence-electron chi connectivity index (χ3n) is 3.62. The molecule has 25 heavy (non-hydrogen) atoms. The lowest BCUT2D eigenvalue weighted by molar-refractivity contribution is -0.0500. The monoisotopic (exact) mass is 374 g/mol. The van der Waals surface area contributed by atoms with E-state index in [4.69, 9.17) is 9.47 Å². The molecule has 1 aliphatic heterocycles. The molecule has 0 aliphatic carbocycles.